The summed E-state index contributed by atoms with van der Waals surface area (Å²) in [6.07, 6.45) is 1.95. The van der Waals surface area contributed by atoms with Gasteiger partial charge in [-0.05, 0) is 38.3 Å². The third-order valence-electron chi connectivity index (χ3n) is 4.39. The van der Waals surface area contributed by atoms with Gasteiger partial charge in [0.15, 0.2) is 0 Å². The van der Waals surface area contributed by atoms with E-state index in [1.165, 1.54) is 0 Å². The number of nitrogens with one attached hydrogen (secondary N) is 1. The van der Waals surface area contributed by atoms with Crippen molar-refractivity contribution < 1.29 is 19.1 Å². The van der Waals surface area contributed by atoms with Crippen molar-refractivity contribution in [3.05, 3.63) is 41.8 Å². The van der Waals surface area contributed by atoms with Crippen LogP contribution < -0.4 is 5.32 Å². The average Bonchev–Trinajstić information content (AvgIpc) is 3.16. The second-order valence-corrected chi connectivity index (χ2v) is 6.18. The quantitative estimate of drug-likeness (QED) is 0.880. The predicted molar refractivity (Wildman–Crippen MR) is 87.3 cm³/mol. The summed E-state index contributed by atoms with van der Waals surface area (Å²) in [7, 11) is 0. The van der Waals surface area contributed by atoms with Gasteiger partial charge in [0.2, 0.25) is 11.8 Å². The Bertz CT molecular complexity index is 739. The SMILES string of the molecule is Cc1oc(-c2ccccc2)nc1CC(=O)N[C@@H]1CC[C@H](C(=O)O)C1. The van der Waals surface area contributed by atoms with Crippen LogP contribution in [-0.2, 0) is 16.0 Å². The highest BCUT2D eigenvalue weighted by molar-refractivity contribution is 5.79. The standard InChI is InChI=1S/C18H20N2O4/c1-11-15(20-17(24-11)12-5-3-2-4-6-12)10-16(21)19-14-8-7-13(9-14)18(22)23/h2-6,13-14H,7-10H2,1H3,(H,19,21)(H,22,23)/t13-,14+/m0/s1. The molecule has 0 bridgehead atoms. The van der Waals surface area contributed by atoms with E-state index in [1.807, 2.05) is 30.3 Å². The molecule has 2 aromatic rings. The summed E-state index contributed by atoms with van der Waals surface area (Å²) < 4.78 is 5.65. The largest absolute Gasteiger partial charge is 0.481 e. The Labute approximate surface area is 139 Å². The summed E-state index contributed by atoms with van der Waals surface area (Å²) in [6.45, 7) is 1.79. The molecule has 0 aliphatic heterocycles. The second-order valence-electron chi connectivity index (χ2n) is 6.18. The highest BCUT2D eigenvalue weighted by Crippen LogP contribution is 2.26. The lowest BCUT2D eigenvalue weighted by molar-refractivity contribution is -0.141. The zero-order valence-electron chi connectivity index (χ0n) is 13.5. The van der Waals surface area contributed by atoms with Gasteiger partial charge in [0.05, 0.1) is 18.0 Å². The van der Waals surface area contributed by atoms with E-state index in [1.54, 1.807) is 6.92 Å². The molecule has 1 amide bonds. The fourth-order valence-corrected chi connectivity index (χ4v) is 3.06. The van der Waals surface area contributed by atoms with E-state index in [9.17, 15) is 9.59 Å². The van der Waals surface area contributed by atoms with E-state index in [2.05, 4.69) is 10.3 Å². The molecule has 1 saturated carbocycles. The van der Waals surface area contributed by atoms with E-state index in [4.69, 9.17) is 9.52 Å². The number of carboxylic acids is 1. The summed E-state index contributed by atoms with van der Waals surface area (Å²) in [6, 6.07) is 9.46. The summed E-state index contributed by atoms with van der Waals surface area (Å²) in [5, 5.41) is 11.9. The normalized spacial score (nSPS) is 20.0. The van der Waals surface area contributed by atoms with Gasteiger partial charge in [-0.3, -0.25) is 9.59 Å². The molecule has 1 aliphatic carbocycles. The van der Waals surface area contributed by atoms with Crippen LogP contribution in [-0.4, -0.2) is 28.0 Å². The average molecular weight is 328 g/mol. The lowest BCUT2D eigenvalue weighted by atomic mass is 10.1. The number of carbonyl (C=O) groups excluding carboxylic acids is 1. The van der Waals surface area contributed by atoms with Gasteiger partial charge in [-0.25, -0.2) is 4.98 Å². The lowest BCUT2D eigenvalue weighted by Gasteiger charge is -2.11. The number of aromatic nitrogens is 1. The molecule has 0 unspecified atom stereocenters. The molecule has 1 fully saturated rings. The van der Waals surface area contributed by atoms with Gasteiger partial charge >= 0.3 is 5.97 Å². The number of amides is 1. The number of oxazole rings is 1. The van der Waals surface area contributed by atoms with E-state index >= 15 is 0 Å². The minimum Gasteiger partial charge on any atom is -0.481 e. The Hall–Kier alpha value is -2.63. The predicted octanol–water partition coefficient (Wildman–Crippen LogP) is 2.56. The van der Waals surface area contributed by atoms with Gasteiger partial charge in [-0.1, -0.05) is 18.2 Å². The van der Waals surface area contributed by atoms with E-state index < -0.39 is 5.97 Å². The molecular weight excluding hydrogens is 308 g/mol. The van der Waals surface area contributed by atoms with Crippen molar-refractivity contribution in [2.75, 3.05) is 0 Å². The smallest absolute Gasteiger partial charge is 0.306 e. The molecule has 0 spiro atoms. The topological polar surface area (TPSA) is 92.4 Å². The first-order valence-corrected chi connectivity index (χ1v) is 8.07. The van der Waals surface area contributed by atoms with Crippen LogP contribution in [0.5, 0.6) is 0 Å². The fourth-order valence-electron chi connectivity index (χ4n) is 3.06. The summed E-state index contributed by atoms with van der Waals surface area (Å²) in [5.74, 6) is -0.163. The zero-order valence-corrected chi connectivity index (χ0v) is 13.5. The van der Waals surface area contributed by atoms with Gasteiger partial charge < -0.3 is 14.8 Å². The first-order chi connectivity index (χ1) is 11.5. The van der Waals surface area contributed by atoms with Crippen molar-refractivity contribution in [3.8, 4) is 11.5 Å². The van der Waals surface area contributed by atoms with Crippen molar-refractivity contribution in [2.24, 2.45) is 5.92 Å². The molecule has 6 nitrogen and oxygen atoms in total. The lowest BCUT2D eigenvalue weighted by Crippen LogP contribution is -2.34. The van der Waals surface area contributed by atoms with Crippen LogP contribution in [0.25, 0.3) is 11.5 Å². The number of carboxylic acid groups (broad SMARTS) is 1. The van der Waals surface area contributed by atoms with Crippen molar-refractivity contribution >= 4 is 11.9 Å². The Morgan fingerprint density at radius 2 is 2.04 bits per heavy atom. The van der Waals surface area contributed by atoms with Crippen molar-refractivity contribution in [1.29, 1.82) is 0 Å². The number of benzene rings is 1. The number of hydrogen-bond acceptors (Lipinski definition) is 4. The maximum Gasteiger partial charge on any atom is 0.306 e. The second kappa shape index (κ2) is 6.86. The van der Waals surface area contributed by atoms with Gasteiger partial charge in [-0.2, -0.15) is 0 Å². The molecule has 24 heavy (non-hydrogen) atoms. The fraction of sp³-hybridized carbons (Fsp3) is 0.389. The van der Waals surface area contributed by atoms with Crippen LogP contribution >= 0.6 is 0 Å². The molecule has 1 aliphatic rings. The molecular formula is C18H20N2O4. The maximum absolute atomic E-state index is 12.2. The molecule has 0 radical (unpaired) electrons. The number of aliphatic carboxylic acids is 1. The molecule has 1 aromatic carbocycles. The Kier molecular flexibility index (Phi) is 4.64. The van der Waals surface area contributed by atoms with E-state index in [0.29, 0.717) is 36.6 Å². The number of aryl methyl sites for hydroxylation is 1. The molecule has 0 saturated heterocycles. The van der Waals surface area contributed by atoms with Gasteiger partial charge in [0.1, 0.15) is 5.76 Å². The minimum absolute atomic E-state index is 0.0700. The number of rotatable bonds is 5. The summed E-state index contributed by atoms with van der Waals surface area (Å²) in [5.41, 5.74) is 1.48. The molecule has 6 heteroatoms. The third kappa shape index (κ3) is 3.64. The Morgan fingerprint density at radius 3 is 2.71 bits per heavy atom. The van der Waals surface area contributed by atoms with Crippen LogP contribution in [0.15, 0.2) is 34.7 Å². The zero-order chi connectivity index (χ0) is 17.1. The van der Waals surface area contributed by atoms with Crippen molar-refractivity contribution in [2.45, 2.75) is 38.6 Å². The minimum atomic E-state index is -0.786. The van der Waals surface area contributed by atoms with Crippen LogP contribution in [0.2, 0.25) is 0 Å². The summed E-state index contributed by atoms with van der Waals surface area (Å²) >= 11 is 0. The third-order valence-corrected chi connectivity index (χ3v) is 4.39. The maximum atomic E-state index is 12.2. The van der Waals surface area contributed by atoms with Crippen LogP contribution in [0.3, 0.4) is 0 Å². The molecule has 2 atom stereocenters. The van der Waals surface area contributed by atoms with E-state index in [-0.39, 0.29) is 24.3 Å². The highest BCUT2D eigenvalue weighted by atomic mass is 16.4. The molecule has 126 valence electrons. The van der Waals surface area contributed by atoms with Gasteiger partial charge in [0.25, 0.3) is 0 Å². The van der Waals surface area contributed by atoms with Crippen LogP contribution in [0, 0.1) is 12.8 Å². The number of carbonyl (C=O) groups is 2. The van der Waals surface area contributed by atoms with Crippen LogP contribution in [0.1, 0.15) is 30.7 Å². The van der Waals surface area contributed by atoms with E-state index in [0.717, 1.165) is 5.56 Å². The van der Waals surface area contributed by atoms with Crippen molar-refractivity contribution in [1.82, 2.24) is 10.3 Å². The first kappa shape index (κ1) is 16.2. The molecule has 1 aromatic heterocycles. The Morgan fingerprint density at radius 1 is 1.29 bits per heavy atom. The number of nitrogens with zero attached hydrogens (tertiary/aromatic N) is 1. The molecule has 1 heterocycles. The molecule has 2 N–H and O–H groups in total. The highest BCUT2D eigenvalue weighted by Gasteiger charge is 2.30. The van der Waals surface area contributed by atoms with Gasteiger partial charge in [-0.15, -0.1) is 0 Å². The monoisotopic (exact) mass is 328 g/mol. The van der Waals surface area contributed by atoms with Gasteiger partial charge in [0, 0.05) is 11.6 Å². The van der Waals surface area contributed by atoms with Crippen LogP contribution in [0.4, 0.5) is 0 Å². The Balaban J connectivity index is 1.61. The van der Waals surface area contributed by atoms with Crippen molar-refractivity contribution in [3.63, 3.8) is 0 Å². The first-order valence-electron chi connectivity index (χ1n) is 8.07. The molecule has 3 rings (SSSR count). The summed E-state index contributed by atoms with van der Waals surface area (Å²) in [4.78, 5) is 27.6. The number of hydrogen-bond donors (Lipinski definition) is 2.